The van der Waals surface area contributed by atoms with Gasteiger partial charge in [0.05, 0.1) is 17.1 Å². The Balaban J connectivity index is 2.73. The first-order valence-electron chi connectivity index (χ1n) is 5.64. The van der Waals surface area contributed by atoms with Gasteiger partial charge >= 0.3 is 0 Å². The Morgan fingerprint density at radius 2 is 2.22 bits per heavy atom. The number of nitro benzene ring substituents is 1. The highest BCUT2D eigenvalue weighted by atomic mass is 16.6. The monoisotopic (exact) mass is 255 g/mol. The van der Waals surface area contributed by atoms with E-state index in [-0.39, 0.29) is 24.8 Å². The van der Waals surface area contributed by atoms with Crippen LogP contribution in [-0.2, 0) is 4.74 Å². The Kier molecular flexibility index (Phi) is 5.70. The zero-order chi connectivity index (χ0) is 13.5. The molecule has 0 radical (unpaired) electrons. The molecule has 0 bridgehead atoms. The molecule has 0 aliphatic rings. The van der Waals surface area contributed by atoms with Gasteiger partial charge in [0.15, 0.2) is 0 Å². The summed E-state index contributed by atoms with van der Waals surface area (Å²) < 4.78 is 5.11. The second-order valence-corrected chi connectivity index (χ2v) is 3.97. The quantitative estimate of drug-likeness (QED) is 0.567. The summed E-state index contributed by atoms with van der Waals surface area (Å²) in [6.07, 6.45) is -0.411. The Morgan fingerprint density at radius 3 is 2.78 bits per heavy atom. The molecule has 0 spiro atoms. The van der Waals surface area contributed by atoms with Crippen molar-refractivity contribution in [1.29, 1.82) is 0 Å². The largest absolute Gasteiger partial charge is 0.396 e. The van der Waals surface area contributed by atoms with Crippen molar-refractivity contribution in [3.63, 3.8) is 0 Å². The second kappa shape index (κ2) is 7.05. The minimum atomic E-state index is -0.846. The van der Waals surface area contributed by atoms with Gasteiger partial charge in [-0.1, -0.05) is 12.1 Å². The molecule has 0 heterocycles. The van der Waals surface area contributed by atoms with Crippen LogP contribution in [0.25, 0.3) is 0 Å². The molecule has 2 atom stereocenters. The smallest absolute Gasteiger partial charge is 0.269 e. The van der Waals surface area contributed by atoms with Gasteiger partial charge in [-0.3, -0.25) is 10.1 Å². The molecule has 100 valence electrons. The summed E-state index contributed by atoms with van der Waals surface area (Å²) in [5.41, 5.74) is 0.423. The van der Waals surface area contributed by atoms with Crippen LogP contribution in [0.1, 0.15) is 24.5 Å². The van der Waals surface area contributed by atoms with E-state index in [1.54, 1.807) is 6.07 Å². The standard InChI is InChI=1S/C12H17NO5/c1-18-11(5-6-14)8-12(15)9-3-2-4-10(7-9)13(16)17/h2-4,7,11-12,14-15H,5-6,8H2,1H3. The molecule has 1 rings (SSSR count). The van der Waals surface area contributed by atoms with Crippen LogP contribution < -0.4 is 0 Å². The SMILES string of the molecule is COC(CCO)CC(O)c1cccc([N+](=O)[O-])c1. The number of hydrogen-bond donors (Lipinski definition) is 2. The summed E-state index contributed by atoms with van der Waals surface area (Å²) in [6, 6.07) is 5.88. The van der Waals surface area contributed by atoms with Gasteiger partial charge in [0, 0.05) is 32.3 Å². The molecule has 0 aliphatic carbocycles. The van der Waals surface area contributed by atoms with E-state index in [9.17, 15) is 15.2 Å². The summed E-state index contributed by atoms with van der Waals surface area (Å²) in [6.45, 7) is -0.0276. The van der Waals surface area contributed by atoms with Crippen molar-refractivity contribution in [3.05, 3.63) is 39.9 Å². The zero-order valence-electron chi connectivity index (χ0n) is 10.2. The topological polar surface area (TPSA) is 92.8 Å². The highest BCUT2D eigenvalue weighted by molar-refractivity contribution is 5.35. The van der Waals surface area contributed by atoms with Gasteiger partial charge in [0.1, 0.15) is 0 Å². The van der Waals surface area contributed by atoms with Crippen LogP contribution in [0.2, 0.25) is 0 Å². The van der Waals surface area contributed by atoms with Crippen LogP contribution >= 0.6 is 0 Å². The van der Waals surface area contributed by atoms with Gasteiger partial charge < -0.3 is 14.9 Å². The summed E-state index contributed by atoms with van der Waals surface area (Å²) >= 11 is 0. The van der Waals surface area contributed by atoms with Crippen molar-refractivity contribution in [3.8, 4) is 0 Å². The second-order valence-electron chi connectivity index (χ2n) is 3.97. The molecule has 0 fully saturated rings. The average Bonchev–Trinajstić information content (AvgIpc) is 2.38. The van der Waals surface area contributed by atoms with E-state index in [1.165, 1.54) is 25.3 Å². The molecular weight excluding hydrogens is 238 g/mol. The molecule has 18 heavy (non-hydrogen) atoms. The van der Waals surface area contributed by atoms with Crippen molar-refractivity contribution in [1.82, 2.24) is 0 Å². The van der Waals surface area contributed by atoms with Gasteiger partial charge in [-0.2, -0.15) is 0 Å². The number of nitro groups is 1. The highest BCUT2D eigenvalue weighted by Crippen LogP contribution is 2.24. The van der Waals surface area contributed by atoms with Crippen LogP contribution in [0.4, 0.5) is 5.69 Å². The molecule has 0 amide bonds. The molecule has 0 aliphatic heterocycles. The molecule has 0 saturated carbocycles. The third kappa shape index (κ3) is 4.06. The first-order chi connectivity index (χ1) is 8.58. The van der Waals surface area contributed by atoms with Crippen LogP contribution in [0, 0.1) is 10.1 Å². The molecule has 1 aromatic carbocycles. The normalized spacial score (nSPS) is 14.2. The van der Waals surface area contributed by atoms with E-state index in [0.717, 1.165) is 0 Å². The van der Waals surface area contributed by atoms with Crippen molar-refractivity contribution in [2.45, 2.75) is 25.0 Å². The van der Waals surface area contributed by atoms with E-state index >= 15 is 0 Å². The van der Waals surface area contributed by atoms with Crippen molar-refractivity contribution in [2.24, 2.45) is 0 Å². The number of methoxy groups -OCH3 is 1. The van der Waals surface area contributed by atoms with E-state index in [0.29, 0.717) is 12.0 Å². The van der Waals surface area contributed by atoms with Gasteiger partial charge in [-0.05, 0) is 12.0 Å². The van der Waals surface area contributed by atoms with E-state index < -0.39 is 11.0 Å². The van der Waals surface area contributed by atoms with Crippen LogP contribution in [0.15, 0.2) is 24.3 Å². The van der Waals surface area contributed by atoms with Gasteiger partial charge in [0.2, 0.25) is 0 Å². The molecule has 2 N–H and O–H groups in total. The predicted molar refractivity (Wildman–Crippen MR) is 65.2 cm³/mol. The first kappa shape index (κ1) is 14.6. The van der Waals surface area contributed by atoms with Crippen LogP contribution in [0.5, 0.6) is 0 Å². The zero-order valence-corrected chi connectivity index (χ0v) is 10.2. The Morgan fingerprint density at radius 1 is 1.50 bits per heavy atom. The van der Waals surface area contributed by atoms with Crippen molar-refractivity contribution in [2.75, 3.05) is 13.7 Å². The molecule has 2 unspecified atom stereocenters. The van der Waals surface area contributed by atoms with Crippen LogP contribution in [-0.4, -0.2) is 35.0 Å². The van der Waals surface area contributed by atoms with Gasteiger partial charge in [0.25, 0.3) is 5.69 Å². The van der Waals surface area contributed by atoms with E-state index in [1.807, 2.05) is 0 Å². The fourth-order valence-electron chi connectivity index (χ4n) is 1.71. The number of rotatable bonds is 7. The number of hydrogen-bond acceptors (Lipinski definition) is 5. The lowest BCUT2D eigenvalue weighted by atomic mass is 10.0. The molecule has 0 aromatic heterocycles. The fraction of sp³-hybridized carbons (Fsp3) is 0.500. The molecular formula is C12H17NO5. The molecule has 1 aromatic rings. The number of ether oxygens (including phenoxy) is 1. The summed E-state index contributed by atoms with van der Waals surface area (Å²) in [4.78, 5) is 10.1. The number of nitrogens with zero attached hydrogens (tertiary/aromatic N) is 1. The van der Waals surface area contributed by atoms with E-state index in [4.69, 9.17) is 9.84 Å². The number of aliphatic hydroxyl groups is 2. The van der Waals surface area contributed by atoms with Gasteiger partial charge in [-0.15, -0.1) is 0 Å². The molecule has 6 nitrogen and oxygen atoms in total. The van der Waals surface area contributed by atoms with Crippen LogP contribution in [0.3, 0.4) is 0 Å². The minimum Gasteiger partial charge on any atom is -0.396 e. The third-order valence-electron chi connectivity index (χ3n) is 2.74. The summed E-state index contributed by atoms with van der Waals surface area (Å²) in [7, 11) is 1.50. The third-order valence-corrected chi connectivity index (χ3v) is 2.74. The van der Waals surface area contributed by atoms with E-state index in [2.05, 4.69) is 0 Å². The maximum atomic E-state index is 10.6. The fourth-order valence-corrected chi connectivity index (χ4v) is 1.71. The highest BCUT2D eigenvalue weighted by Gasteiger charge is 2.17. The lowest BCUT2D eigenvalue weighted by molar-refractivity contribution is -0.385. The maximum Gasteiger partial charge on any atom is 0.269 e. The Labute approximate surface area is 105 Å². The molecule has 6 heteroatoms. The predicted octanol–water partition coefficient (Wildman–Crippen LogP) is 1.42. The van der Waals surface area contributed by atoms with Crippen molar-refractivity contribution < 1.29 is 19.9 Å². The Bertz CT molecular complexity index is 396. The number of non-ortho nitro benzene ring substituents is 1. The first-order valence-corrected chi connectivity index (χ1v) is 5.64. The minimum absolute atomic E-state index is 0.0276. The Hall–Kier alpha value is -1.50. The van der Waals surface area contributed by atoms with Crippen molar-refractivity contribution >= 4 is 5.69 Å². The average molecular weight is 255 g/mol. The lowest BCUT2D eigenvalue weighted by Gasteiger charge is -2.18. The number of aliphatic hydroxyl groups excluding tert-OH is 2. The maximum absolute atomic E-state index is 10.6. The summed E-state index contributed by atoms with van der Waals surface area (Å²) in [5, 5.41) is 29.4. The molecule has 0 saturated heterocycles. The number of benzene rings is 1. The summed E-state index contributed by atoms with van der Waals surface area (Å²) in [5.74, 6) is 0. The lowest BCUT2D eigenvalue weighted by Crippen LogP contribution is -2.16. The van der Waals surface area contributed by atoms with Gasteiger partial charge in [-0.25, -0.2) is 0 Å².